The SMILES string of the molecule is CN1CCc2cc(C(C)(C)C)cc3c2C(CCC3)C1. The van der Waals surface area contributed by atoms with Crippen LogP contribution in [0.15, 0.2) is 12.1 Å². The van der Waals surface area contributed by atoms with E-state index < -0.39 is 0 Å². The molecule has 0 spiro atoms. The van der Waals surface area contributed by atoms with Gasteiger partial charge in [0.2, 0.25) is 0 Å². The highest BCUT2D eigenvalue weighted by Gasteiger charge is 2.28. The fourth-order valence-corrected chi connectivity index (χ4v) is 3.79. The lowest BCUT2D eigenvalue weighted by molar-refractivity contribution is 0.313. The van der Waals surface area contributed by atoms with E-state index in [0.717, 1.165) is 5.92 Å². The summed E-state index contributed by atoms with van der Waals surface area (Å²) in [5.41, 5.74) is 6.84. The zero-order valence-electron chi connectivity index (χ0n) is 12.9. The fraction of sp³-hybridized carbons (Fsp3) is 0.667. The molecule has 0 fully saturated rings. The van der Waals surface area contributed by atoms with Crippen LogP contribution in [0.5, 0.6) is 0 Å². The summed E-state index contributed by atoms with van der Waals surface area (Å²) in [5, 5.41) is 0. The Morgan fingerprint density at radius 2 is 1.79 bits per heavy atom. The molecule has 3 rings (SSSR count). The molecule has 0 radical (unpaired) electrons. The van der Waals surface area contributed by atoms with Gasteiger partial charge in [-0.1, -0.05) is 32.9 Å². The van der Waals surface area contributed by atoms with Crippen LogP contribution < -0.4 is 0 Å². The van der Waals surface area contributed by atoms with Gasteiger partial charge in [-0.05, 0) is 66.3 Å². The molecular weight excluding hydrogens is 230 g/mol. The Balaban J connectivity index is 2.12. The van der Waals surface area contributed by atoms with Gasteiger partial charge in [-0.25, -0.2) is 0 Å². The van der Waals surface area contributed by atoms with Crippen molar-refractivity contribution in [2.24, 2.45) is 0 Å². The standard InChI is InChI=1S/C18H27N/c1-18(2,3)16-10-13-6-5-7-15-12-19(4)9-8-14(11-16)17(13)15/h10-11,15H,5-9,12H2,1-4H3. The van der Waals surface area contributed by atoms with E-state index in [1.54, 1.807) is 16.7 Å². The first kappa shape index (κ1) is 13.2. The maximum absolute atomic E-state index is 2.52. The second-order valence-electron chi connectivity index (χ2n) is 7.56. The topological polar surface area (TPSA) is 3.24 Å². The van der Waals surface area contributed by atoms with Crippen LogP contribution in [-0.4, -0.2) is 25.0 Å². The van der Waals surface area contributed by atoms with Crippen molar-refractivity contribution in [2.45, 2.75) is 57.8 Å². The monoisotopic (exact) mass is 257 g/mol. The molecular formula is C18H27N. The van der Waals surface area contributed by atoms with E-state index in [-0.39, 0.29) is 5.41 Å². The Kier molecular flexibility index (Phi) is 3.21. The summed E-state index contributed by atoms with van der Waals surface area (Å²) in [5.74, 6) is 0.792. The van der Waals surface area contributed by atoms with Crippen molar-refractivity contribution in [2.75, 3.05) is 20.1 Å². The molecule has 0 N–H and O–H groups in total. The Hall–Kier alpha value is -0.820. The molecule has 1 aliphatic heterocycles. The van der Waals surface area contributed by atoms with E-state index >= 15 is 0 Å². The van der Waals surface area contributed by atoms with E-state index in [9.17, 15) is 0 Å². The Morgan fingerprint density at radius 3 is 2.47 bits per heavy atom. The van der Waals surface area contributed by atoms with Gasteiger partial charge in [0.05, 0.1) is 0 Å². The summed E-state index contributed by atoms with van der Waals surface area (Å²) in [6.07, 6.45) is 5.30. The maximum atomic E-state index is 2.52. The smallest absolute Gasteiger partial charge is 0.00475 e. The highest BCUT2D eigenvalue weighted by Crippen LogP contribution is 2.39. The zero-order chi connectivity index (χ0) is 13.6. The molecule has 19 heavy (non-hydrogen) atoms. The molecule has 0 saturated carbocycles. The van der Waals surface area contributed by atoms with Crippen LogP contribution in [-0.2, 0) is 18.3 Å². The predicted molar refractivity (Wildman–Crippen MR) is 82.0 cm³/mol. The molecule has 1 aromatic carbocycles. The van der Waals surface area contributed by atoms with E-state index in [1.807, 2.05) is 0 Å². The summed E-state index contributed by atoms with van der Waals surface area (Å²) in [4.78, 5) is 2.52. The van der Waals surface area contributed by atoms with Crippen molar-refractivity contribution in [1.82, 2.24) is 4.90 Å². The minimum Gasteiger partial charge on any atom is -0.305 e. The van der Waals surface area contributed by atoms with E-state index in [1.165, 1.54) is 44.3 Å². The lowest BCUT2D eigenvalue weighted by atomic mass is 9.76. The van der Waals surface area contributed by atoms with Crippen molar-refractivity contribution < 1.29 is 0 Å². The third-order valence-corrected chi connectivity index (χ3v) is 4.92. The molecule has 1 atom stereocenters. The molecule has 0 saturated heterocycles. The van der Waals surface area contributed by atoms with Crippen molar-refractivity contribution in [3.63, 3.8) is 0 Å². The first-order chi connectivity index (χ1) is 8.95. The van der Waals surface area contributed by atoms with Gasteiger partial charge in [0.25, 0.3) is 0 Å². The number of hydrogen-bond donors (Lipinski definition) is 0. The maximum Gasteiger partial charge on any atom is 0.00475 e. The highest BCUT2D eigenvalue weighted by molar-refractivity contribution is 5.46. The Labute approximate surface area is 118 Å². The number of benzene rings is 1. The summed E-state index contributed by atoms with van der Waals surface area (Å²) in [6, 6.07) is 5.02. The lowest BCUT2D eigenvalue weighted by Crippen LogP contribution is -2.25. The highest BCUT2D eigenvalue weighted by atomic mass is 15.1. The van der Waals surface area contributed by atoms with E-state index in [2.05, 4.69) is 44.9 Å². The second-order valence-corrected chi connectivity index (χ2v) is 7.56. The average molecular weight is 257 g/mol. The minimum atomic E-state index is 0.274. The van der Waals surface area contributed by atoms with Crippen molar-refractivity contribution in [1.29, 1.82) is 0 Å². The molecule has 104 valence electrons. The largest absolute Gasteiger partial charge is 0.305 e. The van der Waals surface area contributed by atoms with Gasteiger partial charge in [0.1, 0.15) is 0 Å². The van der Waals surface area contributed by atoms with Gasteiger partial charge in [-0.2, -0.15) is 0 Å². The quantitative estimate of drug-likeness (QED) is 0.681. The lowest BCUT2D eigenvalue weighted by Gasteiger charge is -2.30. The van der Waals surface area contributed by atoms with Crippen LogP contribution in [0, 0.1) is 0 Å². The van der Waals surface area contributed by atoms with Crippen LogP contribution >= 0.6 is 0 Å². The summed E-state index contributed by atoms with van der Waals surface area (Å²) < 4.78 is 0. The first-order valence-corrected chi connectivity index (χ1v) is 7.80. The zero-order valence-corrected chi connectivity index (χ0v) is 12.9. The summed E-state index contributed by atoms with van der Waals surface area (Å²) >= 11 is 0. The van der Waals surface area contributed by atoms with Crippen LogP contribution in [0.4, 0.5) is 0 Å². The summed E-state index contributed by atoms with van der Waals surface area (Å²) in [6.45, 7) is 9.49. The van der Waals surface area contributed by atoms with Crippen LogP contribution in [0.3, 0.4) is 0 Å². The number of rotatable bonds is 0. The van der Waals surface area contributed by atoms with Crippen LogP contribution in [0.1, 0.15) is 61.8 Å². The Morgan fingerprint density at radius 1 is 1.11 bits per heavy atom. The van der Waals surface area contributed by atoms with Gasteiger partial charge in [0, 0.05) is 13.1 Å². The number of aryl methyl sites for hydroxylation is 1. The van der Waals surface area contributed by atoms with E-state index in [4.69, 9.17) is 0 Å². The molecule has 1 aromatic rings. The Bertz CT molecular complexity index is 481. The molecule has 0 aromatic heterocycles. The molecule has 0 bridgehead atoms. The normalized spacial score (nSPS) is 23.9. The van der Waals surface area contributed by atoms with Gasteiger partial charge in [-0.15, -0.1) is 0 Å². The van der Waals surface area contributed by atoms with Crippen molar-refractivity contribution in [3.8, 4) is 0 Å². The average Bonchev–Trinajstić information content (AvgIpc) is 2.49. The molecule has 1 nitrogen and oxygen atoms in total. The number of nitrogens with zero attached hydrogens (tertiary/aromatic N) is 1. The van der Waals surface area contributed by atoms with Crippen molar-refractivity contribution in [3.05, 3.63) is 34.4 Å². The van der Waals surface area contributed by atoms with Gasteiger partial charge < -0.3 is 4.90 Å². The molecule has 1 heterocycles. The summed E-state index contributed by atoms with van der Waals surface area (Å²) in [7, 11) is 2.28. The number of hydrogen-bond acceptors (Lipinski definition) is 1. The minimum absolute atomic E-state index is 0.274. The predicted octanol–water partition coefficient (Wildman–Crippen LogP) is 3.89. The third kappa shape index (κ3) is 2.45. The van der Waals surface area contributed by atoms with Gasteiger partial charge >= 0.3 is 0 Å². The molecule has 1 unspecified atom stereocenters. The molecule has 1 heteroatoms. The van der Waals surface area contributed by atoms with Crippen molar-refractivity contribution >= 4 is 0 Å². The first-order valence-electron chi connectivity index (χ1n) is 7.80. The number of likely N-dealkylation sites (N-methyl/N-ethyl adjacent to an activating group) is 1. The van der Waals surface area contributed by atoms with Gasteiger partial charge in [0.15, 0.2) is 0 Å². The molecule has 2 aliphatic rings. The van der Waals surface area contributed by atoms with Crippen LogP contribution in [0.25, 0.3) is 0 Å². The van der Waals surface area contributed by atoms with Crippen LogP contribution in [0.2, 0.25) is 0 Å². The van der Waals surface area contributed by atoms with Gasteiger partial charge in [-0.3, -0.25) is 0 Å². The molecule has 1 aliphatic carbocycles. The molecule has 0 amide bonds. The fourth-order valence-electron chi connectivity index (χ4n) is 3.79. The second kappa shape index (κ2) is 4.63. The third-order valence-electron chi connectivity index (χ3n) is 4.92. The van der Waals surface area contributed by atoms with E-state index in [0.29, 0.717) is 0 Å².